The van der Waals surface area contributed by atoms with Crippen molar-refractivity contribution in [3.63, 3.8) is 0 Å². The zero-order valence-electron chi connectivity index (χ0n) is 51.7. The molecule has 0 spiro atoms. The summed E-state index contributed by atoms with van der Waals surface area (Å²) in [7, 11) is 0. The van der Waals surface area contributed by atoms with E-state index in [9.17, 15) is 14.4 Å². The maximum atomic E-state index is 12.9. The quantitative estimate of drug-likeness (QED) is 0.0261. The van der Waals surface area contributed by atoms with Crippen molar-refractivity contribution in [2.45, 2.75) is 341 Å². The van der Waals surface area contributed by atoms with Crippen molar-refractivity contribution >= 4 is 17.9 Å². The molecule has 78 heavy (non-hydrogen) atoms. The van der Waals surface area contributed by atoms with E-state index >= 15 is 0 Å². The summed E-state index contributed by atoms with van der Waals surface area (Å²) < 4.78 is 16.9. The molecule has 0 saturated heterocycles. The molecule has 0 fully saturated rings. The molecular weight excluding hydrogens is 961 g/mol. The summed E-state index contributed by atoms with van der Waals surface area (Å²) in [4.78, 5) is 38.3. The van der Waals surface area contributed by atoms with Gasteiger partial charge < -0.3 is 14.2 Å². The predicted molar refractivity (Wildman–Crippen MR) is 339 cm³/mol. The Labute approximate surface area is 484 Å². The van der Waals surface area contributed by atoms with Gasteiger partial charge in [0.05, 0.1) is 0 Å². The van der Waals surface area contributed by atoms with Crippen molar-refractivity contribution in [1.82, 2.24) is 0 Å². The number of hydrogen-bond donors (Lipinski definition) is 0. The van der Waals surface area contributed by atoms with Gasteiger partial charge in [-0.3, -0.25) is 14.4 Å². The molecule has 0 aromatic carbocycles. The summed E-state index contributed by atoms with van der Waals surface area (Å²) in [5.74, 6) is -0.869. The van der Waals surface area contributed by atoms with Crippen LogP contribution >= 0.6 is 0 Å². The van der Waals surface area contributed by atoms with E-state index in [0.29, 0.717) is 19.3 Å². The average molecular weight is 1090 g/mol. The maximum Gasteiger partial charge on any atom is 0.306 e. The largest absolute Gasteiger partial charge is 0.462 e. The minimum atomic E-state index is -0.779. The highest BCUT2D eigenvalue weighted by molar-refractivity contribution is 5.71. The minimum Gasteiger partial charge on any atom is -0.462 e. The fraction of sp³-hybridized carbons (Fsp3) is 0.764. The van der Waals surface area contributed by atoms with Crippen LogP contribution in [0.4, 0.5) is 0 Å². The van der Waals surface area contributed by atoms with Gasteiger partial charge in [0.1, 0.15) is 13.2 Å². The van der Waals surface area contributed by atoms with Crippen molar-refractivity contribution in [2.24, 2.45) is 0 Å². The van der Waals surface area contributed by atoms with Crippen LogP contribution in [0.15, 0.2) is 85.1 Å². The lowest BCUT2D eigenvalue weighted by atomic mass is 10.0. The van der Waals surface area contributed by atoms with Gasteiger partial charge >= 0.3 is 17.9 Å². The van der Waals surface area contributed by atoms with Gasteiger partial charge in [0.15, 0.2) is 6.10 Å². The van der Waals surface area contributed by atoms with Crippen molar-refractivity contribution in [3.05, 3.63) is 85.1 Å². The third-order valence-electron chi connectivity index (χ3n) is 14.6. The molecule has 0 rings (SSSR count). The lowest BCUT2D eigenvalue weighted by Crippen LogP contribution is -2.30. The molecule has 450 valence electrons. The average Bonchev–Trinajstić information content (AvgIpc) is 3.44. The van der Waals surface area contributed by atoms with E-state index in [0.717, 1.165) is 96.3 Å². The molecule has 0 aromatic rings. The third-order valence-corrected chi connectivity index (χ3v) is 14.6. The standard InChI is InChI=1S/C72H126O6/c1-4-7-10-13-16-19-22-24-26-28-30-32-34-35-36-37-39-40-42-44-46-48-50-53-56-59-62-65-71(74)77-68-69(67-76-70(73)64-61-58-55-52-21-18-15-12-9-6-3)78-72(75)66-63-60-57-54-51-49-47-45-43-41-38-33-31-29-27-25-23-20-17-14-11-8-5-2/h8,11,17,20,22,24-25,27-28,30-31,33-35,69H,4-7,9-10,12-16,18-19,21,23,26,29,32,36-68H2,1-3H3/b11-8-,20-17-,24-22-,27-25-,30-28-,33-31-,35-34-. The van der Waals surface area contributed by atoms with Gasteiger partial charge in [0.2, 0.25) is 0 Å². The highest BCUT2D eigenvalue weighted by atomic mass is 16.6. The minimum absolute atomic E-state index is 0.0755. The maximum absolute atomic E-state index is 12.9. The van der Waals surface area contributed by atoms with E-state index in [1.54, 1.807) is 0 Å². The van der Waals surface area contributed by atoms with E-state index in [2.05, 4.69) is 106 Å². The van der Waals surface area contributed by atoms with Crippen molar-refractivity contribution in [2.75, 3.05) is 13.2 Å². The van der Waals surface area contributed by atoms with Gasteiger partial charge in [-0.2, -0.15) is 0 Å². The lowest BCUT2D eigenvalue weighted by molar-refractivity contribution is -0.167. The van der Waals surface area contributed by atoms with E-state index in [1.807, 2.05) is 0 Å². The first-order chi connectivity index (χ1) is 38.5. The summed E-state index contributed by atoms with van der Waals surface area (Å²) >= 11 is 0. The zero-order chi connectivity index (χ0) is 56.4. The second-order valence-electron chi connectivity index (χ2n) is 22.4. The van der Waals surface area contributed by atoms with E-state index in [-0.39, 0.29) is 31.1 Å². The van der Waals surface area contributed by atoms with Gasteiger partial charge in [-0.05, 0) is 96.3 Å². The van der Waals surface area contributed by atoms with Crippen LogP contribution < -0.4 is 0 Å². The van der Waals surface area contributed by atoms with Gasteiger partial charge in [-0.1, -0.05) is 305 Å². The number of ether oxygens (including phenoxy) is 3. The highest BCUT2D eigenvalue weighted by Crippen LogP contribution is 2.17. The lowest BCUT2D eigenvalue weighted by Gasteiger charge is -2.18. The molecule has 6 heteroatoms. The zero-order valence-corrected chi connectivity index (χ0v) is 51.7. The van der Waals surface area contributed by atoms with Crippen LogP contribution in [0.5, 0.6) is 0 Å². The third kappa shape index (κ3) is 63.4. The number of carbonyl (C=O) groups excluding carboxylic acids is 3. The Balaban J connectivity index is 4.22. The number of rotatable bonds is 61. The second kappa shape index (κ2) is 66.1. The molecule has 0 radical (unpaired) electrons. The van der Waals surface area contributed by atoms with Crippen LogP contribution in [0.25, 0.3) is 0 Å². The Kier molecular flexibility index (Phi) is 63.2. The molecule has 6 nitrogen and oxygen atoms in total. The monoisotopic (exact) mass is 1090 g/mol. The first-order valence-electron chi connectivity index (χ1n) is 33.6. The Morgan fingerprint density at radius 3 is 0.782 bits per heavy atom. The highest BCUT2D eigenvalue weighted by Gasteiger charge is 2.19. The summed E-state index contributed by atoms with van der Waals surface area (Å²) in [5.41, 5.74) is 0. The summed E-state index contributed by atoms with van der Waals surface area (Å²) in [5, 5.41) is 0. The molecule has 0 N–H and O–H groups in total. The number of esters is 3. The predicted octanol–water partition coefficient (Wildman–Crippen LogP) is 23.1. The van der Waals surface area contributed by atoms with Crippen LogP contribution in [-0.2, 0) is 28.6 Å². The van der Waals surface area contributed by atoms with E-state index < -0.39 is 6.10 Å². The fourth-order valence-electron chi connectivity index (χ4n) is 9.62. The molecule has 0 aliphatic rings. The van der Waals surface area contributed by atoms with Crippen molar-refractivity contribution in [3.8, 4) is 0 Å². The summed E-state index contributed by atoms with van der Waals surface area (Å²) in [6.07, 6.45) is 87.4. The molecule has 0 aliphatic carbocycles. The molecule has 0 aliphatic heterocycles. The van der Waals surface area contributed by atoms with E-state index in [1.165, 1.54) is 199 Å². The molecule has 0 bridgehead atoms. The molecule has 1 unspecified atom stereocenters. The molecular formula is C72H126O6. The normalized spacial score (nSPS) is 12.6. The Morgan fingerprint density at radius 1 is 0.269 bits per heavy atom. The van der Waals surface area contributed by atoms with Crippen LogP contribution in [0.2, 0.25) is 0 Å². The number of unbranched alkanes of at least 4 members (excludes halogenated alkanes) is 36. The van der Waals surface area contributed by atoms with Crippen LogP contribution in [0.1, 0.15) is 335 Å². The van der Waals surface area contributed by atoms with Crippen LogP contribution in [0.3, 0.4) is 0 Å². The smallest absolute Gasteiger partial charge is 0.306 e. The Bertz CT molecular complexity index is 1480. The molecule has 0 amide bonds. The number of hydrogen-bond acceptors (Lipinski definition) is 6. The van der Waals surface area contributed by atoms with Crippen molar-refractivity contribution in [1.29, 1.82) is 0 Å². The van der Waals surface area contributed by atoms with Gasteiger partial charge in [0.25, 0.3) is 0 Å². The second-order valence-corrected chi connectivity index (χ2v) is 22.4. The Morgan fingerprint density at radius 2 is 0.500 bits per heavy atom. The molecule has 0 saturated carbocycles. The summed E-state index contributed by atoms with van der Waals surface area (Å²) in [6, 6.07) is 0. The van der Waals surface area contributed by atoms with Gasteiger partial charge in [0, 0.05) is 19.3 Å². The topological polar surface area (TPSA) is 78.9 Å². The first kappa shape index (κ1) is 74.6. The number of allylic oxidation sites excluding steroid dienone is 14. The van der Waals surface area contributed by atoms with Crippen LogP contribution in [-0.4, -0.2) is 37.2 Å². The van der Waals surface area contributed by atoms with Crippen molar-refractivity contribution < 1.29 is 28.6 Å². The van der Waals surface area contributed by atoms with Gasteiger partial charge in [-0.15, -0.1) is 0 Å². The molecule has 1 atom stereocenters. The molecule has 0 aromatic heterocycles. The SMILES string of the molecule is CC/C=C\C/C=C\C/C=C\C/C=C\CCCCCCCCCCCCC(=O)OC(COC(=O)CCCCCCCCCCCC)COC(=O)CCCCCCCCCCCCCC/C=C\C/C=C\C/C=C\CCCCCCC. The Hall–Kier alpha value is -3.41. The number of carbonyl (C=O) groups is 3. The summed E-state index contributed by atoms with van der Waals surface area (Å²) in [6.45, 7) is 6.54. The first-order valence-corrected chi connectivity index (χ1v) is 33.6. The van der Waals surface area contributed by atoms with Crippen LogP contribution in [0, 0.1) is 0 Å². The van der Waals surface area contributed by atoms with Gasteiger partial charge in [-0.25, -0.2) is 0 Å². The molecule has 0 heterocycles. The fourth-order valence-corrected chi connectivity index (χ4v) is 9.62. The van der Waals surface area contributed by atoms with E-state index in [4.69, 9.17) is 14.2 Å².